The van der Waals surface area contributed by atoms with E-state index < -0.39 is 5.97 Å². The molecule has 0 aliphatic rings. The summed E-state index contributed by atoms with van der Waals surface area (Å²) in [6, 6.07) is 15.1. The Labute approximate surface area is 119 Å². The highest BCUT2D eigenvalue weighted by Crippen LogP contribution is 2.27. The van der Waals surface area contributed by atoms with E-state index in [4.69, 9.17) is 9.84 Å². The van der Waals surface area contributed by atoms with E-state index in [1.807, 2.05) is 18.2 Å². The van der Waals surface area contributed by atoms with Crippen LogP contribution in [0.15, 0.2) is 59.4 Å². The quantitative estimate of drug-likeness (QED) is 0.773. The zero-order valence-corrected chi connectivity index (χ0v) is 10.9. The lowest BCUT2D eigenvalue weighted by Gasteiger charge is -2.09. The number of aromatic carboxylic acids is 1. The van der Waals surface area contributed by atoms with E-state index >= 15 is 0 Å². The second-order valence-electron chi connectivity index (χ2n) is 4.45. The van der Waals surface area contributed by atoms with Gasteiger partial charge < -0.3 is 14.8 Å². The van der Waals surface area contributed by atoms with Crippen LogP contribution in [0.3, 0.4) is 0 Å². The number of carboxylic acid groups (broad SMARTS) is 1. The fraction of sp³-hybridized carbons (Fsp3) is 0. The number of aromatic amines is 1. The molecule has 0 spiro atoms. The first kappa shape index (κ1) is 12.9. The first-order valence-electron chi connectivity index (χ1n) is 6.27. The third-order valence-electron chi connectivity index (χ3n) is 3.03. The van der Waals surface area contributed by atoms with Crippen molar-refractivity contribution in [1.29, 1.82) is 0 Å². The van der Waals surface area contributed by atoms with E-state index in [9.17, 15) is 9.59 Å². The topological polar surface area (TPSA) is 79.4 Å². The highest BCUT2D eigenvalue weighted by molar-refractivity contribution is 5.91. The molecule has 2 N–H and O–H groups in total. The zero-order valence-electron chi connectivity index (χ0n) is 10.9. The maximum Gasteiger partial charge on any atom is 0.352 e. The highest BCUT2D eigenvalue weighted by atomic mass is 16.5. The Bertz CT molecular complexity index is 868. The number of hydrogen-bond acceptors (Lipinski definition) is 3. The Morgan fingerprint density at radius 1 is 1.05 bits per heavy atom. The van der Waals surface area contributed by atoms with Crippen molar-refractivity contribution in [1.82, 2.24) is 4.98 Å². The summed E-state index contributed by atoms with van der Waals surface area (Å²) in [5.74, 6) is -0.186. The van der Waals surface area contributed by atoms with Crippen molar-refractivity contribution >= 4 is 16.9 Å². The van der Waals surface area contributed by atoms with Gasteiger partial charge in [0.1, 0.15) is 11.4 Å². The van der Waals surface area contributed by atoms with Crippen LogP contribution in [0.4, 0.5) is 0 Å². The number of nitrogens with one attached hydrogen (secondary N) is 1. The Balaban J connectivity index is 2.19. The van der Waals surface area contributed by atoms with Gasteiger partial charge in [-0.25, -0.2) is 4.79 Å². The lowest BCUT2D eigenvalue weighted by Crippen LogP contribution is -2.09. The number of rotatable bonds is 3. The second kappa shape index (κ2) is 5.13. The molecule has 0 atom stereocenters. The molecule has 0 unspecified atom stereocenters. The summed E-state index contributed by atoms with van der Waals surface area (Å²) in [4.78, 5) is 25.8. The maximum absolute atomic E-state index is 12.0. The van der Waals surface area contributed by atoms with Crippen molar-refractivity contribution in [3.05, 3.63) is 70.5 Å². The first-order chi connectivity index (χ1) is 10.1. The van der Waals surface area contributed by atoms with Crippen molar-refractivity contribution < 1.29 is 14.6 Å². The predicted molar refractivity (Wildman–Crippen MR) is 78.0 cm³/mol. The van der Waals surface area contributed by atoms with Crippen LogP contribution in [0, 0.1) is 0 Å². The molecule has 0 saturated heterocycles. The zero-order chi connectivity index (χ0) is 14.8. The normalized spacial score (nSPS) is 10.5. The fourth-order valence-corrected chi connectivity index (χ4v) is 2.06. The molecule has 3 rings (SSSR count). The van der Waals surface area contributed by atoms with Gasteiger partial charge in [0.25, 0.3) is 0 Å². The average Bonchev–Trinajstić information content (AvgIpc) is 2.49. The van der Waals surface area contributed by atoms with Gasteiger partial charge in [0, 0.05) is 11.5 Å². The highest BCUT2D eigenvalue weighted by Gasteiger charge is 2.11. The van der Waals surface area contributed by atoms with E-state index in [1.54, 1.807) is 30.3 Å². The number of benzene rings is 2. The Morgan fingerprint density at radius 3 is 2.52 bits per heavy atom. The van der Waals surface area contributed by atoms with Gasteiger partial charge in [0.15, 0.2) is 11.2 Å². The average molecular weight is 281 g/mol. The van der Waals surface area contributed by atoms with Crippen molar-refractivity contribution in [2.45, 2.75) is 0 Å². The number of pyridine rings is 1. The molecule has 5 heteroatoms. The van der Waals surface area contributed by atoms with Crippen LogP contribution >= 0.6 is 0 Å². The minimum absolute atomic E-state index is 0.170. The fourth-order valence-electron chi connectivity index (χ4n) is 2.06. The summed E-state index contributed by atoms with van der Waals surface area (Å²) in [5, 5.41) is 9.42. The molecule has 0 bridgehead atoms. The molecule has 0 amide bonds. The van der Waals surface area contributed by atoms with Gasteiger partial charge >= 0.3 is 5.97 Å². The number of hydrogen-bond donors (Lipinski definition) is 2. The number of H-pyrrole nitrogens is 1. The molecular formula is C16H11NO4. The molecule has 1 heterocycles. The summed E-state index contributed by atoms with van der Waals surface area (Å²) in [6.45, 7) is 0. The van der Waals surface area contributed by atoms with Gasteiger partial charge in [-0.3, -0.25) is 4.79 Å². The molecule has 0 saturated carbocycles. The van der Waals surface area contributed by atoms with Gasteiger partial charge in [-0.15, -0.1) is 0 Å². The predicted octanol–water partition coefficient (Wildman–Crippen LogP) is 3.02. The molecule has 0 fully saturated rings. The van der Waals surface area contributed by atoms with Gasteiger partial charge in [-0.2, -0.15) is 0 Å². The monoisotopic (exact) mass is 281 g/mol. The maximum atomic E-state index is 12.0. The molecule has 104 valence electrons. The third kappa shape index (κ3) is 2.49. The molecule has 0 aliphatic heterocycles. The minimum atomic E-state index is -1.19. The third-order valence-corrected chi connectivity index (χ3v) is 3.03. The van der Waals surface area contributed by atoms with Crippen LogP contribution in [0.1, 0.15) is 10.5 Å². The number of para-hydroxylation sites is 2. The van der Waals surface area contributed by atoms with E-state index in [-0.39, 0.29) is 11.1 Å². The lowest BCUT2D eigenvalue weighted by molar-refractivity contribution is 0.0691. The smallest absolute Gasteiger partial charge is 0.352 e. The Kier molecular flexibility index (Phi) is 3.16. The Hall–Kier alpha value is -3.08. The van der Waals surface area contributed by atoms with E-state index in [0.717, 1.165) is 6.07 Å². The van der Waals surface area contributed by atoms with E-state index in [0.29, 0.717) is 22.4 Å². The molecule has 3 aromatic rings. The lowest BCUT2D eigenvalue weighted by atomic mass is 10.2. The number of fused-ring (bicyclic) bond motifs is 1. The summed E-state index contributed by atoms with van der Waals surface area (Å²) in [6.07, 6.45) is 0. The molecule has 21 heavy (non-hydrogen) atoms. The summed E-state index contributed by atoms with van der Waals surface area (Å²) in [7, 11) is 0. The van der Waals surface area contributed by atoms with Gasteiger partial charge in [-0.05, 0) is 24.3 Å². The number of carbonyl (C=O) groups is 1. The molecule has 1 aromatic heterocycles. The van der Waals surface area contributed by atoms with Crippen molar-refractivity contribution in [2.24, 2.45) is 0 Å². The number of carboxylic acids is 1. The summed E-state index contributed by atoms with van der Waals surface area (Å²) >= 11 is 0. The SMILES string of the molecule is O=C(O)c1cc(=O)c2cccc(Oc3ccccc3)c2[nH]1. The largest absolute Gasteiger partial charge is 0.477 e. The van der Waals surface area contributed by atoms with Crippen LogP contribution in [0.2, 0.25) is 0 Å². The van der Waals surface area contributed by atoms with Crippen LogP contribution in [0.5, 0.6) is 11.5 Å². The van der Waals surface area contributed by atoms with Crippen LogP contribution in [0.25, 0.3) is 10.9 Å². The van der Waals surface area contributed by atoms with Crippen molar-refractivity contribution in [3.63, 3.8) is 0 Å². The van der Waals surface area contributed by atoms with Crippen LogP contribution < -0.4 is 10.2 Å². The van der Waals surface area contributed by atoms with Gasteiger partial charge in [-0.1, -0.05) is 24.3 Å². The van der Waals surface area contributed by atoms with E-state index in [2.05, 4.69) is 4.98 Å². The van der Waals surface area contributed by atoms with Gasteiger partial charge in [0.2, 0.25) is 0 Å². The molecule has 2 aromatic carbocycles. The van der Waals surface area contributed by atoms with Gasteiger partial charge in [0.05, 0.1) is 5.52 Å². The second-order valence-corrected chi connectivity index (χ2v) is 4.45. The molecule has 0 radical (unpaired) electrons. The minimum Gasteiger partial charge on any atom is -0.477 e. The standard InChI is InChI=1S/C16H11NO4/c18-13-9-12(16(19)20)17-15-11(13)7-4-8-14(15)21-10-5-2-1-3-6-10/h1-9H,(H,17,18)(H,19,20). The molecule has 0 aliphatic carbocycles. The molecular weight excluding hydrogens is 270 g/mol. The van der Waals surface area contributed by atoms with Crippen LogP contribution in [-0.4, -0.2) is 16.1 Å². The van der Waals surface area contributed by atoms with Crippen molar-refractivity contribution in [3.8, 4) is 11.5 Å². The van der Waals surface area contributed by atoms with Crippen LogP contribution in [-0.2, 0) is 0 Å². The number of aromatic nitrogens is 1. The number of ether oxygens (including phenoxy) is 1. The van der Waals surface area contributed by atoms with E-state index in [1.165, 1.54) is 0 Å². The summed E-state index contributed by atoms with van der Waals surface area (Å²) < 4.78 is 5.72. The first-order valence-corrected chi connectivity index (χ1v) is 6.27. The Morgan fingerprint density at radius 2 is 1.81 bits per heavy atom. The van der Waals surface area contributed by atoms with Crippen molar-refractivity contribution in [2.75, 3.05) is 0 Å². The molecule has 5 nitrogen and oxygen atoms in total. The summed E-state index contributed by atoms with van der Waals surface area (Å²) in [5.41, 5.74) is -0.164.